The van der Waals surface area contributed by atoms with Gasteiger partial charge in [-0.3, -0.25) is 9.00 Å². The minimum Gasteiger partial charge on any atom is -0.351 e. The summed E-state index contributed by atoms with van der Waals surface area (Å²) in [4.78, 5) is 21.9. The minimum absolute atomic E-state index is 0.0379. The minimum atomic E-state index is -1.06. The Hall–Kier alpha value is -3.06. The van der Waals surface area contributed by atoms with Gasteiger partial charge in [-0.05, 0) is 42.0 Å². The van der Waals surface area contributed by atoms with E-state index in [9.17, 15) is 9.00 Å². The summed E-state index contributed by atoms with van der Waals surface area (Å²) in [5, 5.41) is 6.11. The van der Waals surface area contributed by atoms with Gasteiger partial charge in [0, 0.05) is 56.9 Å². The molecule has 0 aliphatic carbocycles. The summed E-state index contributed by atoms with van der Waals surface area (Å²) in [5.74, 6) is 0.417. The summed E-state index contributed by atoms with van der Waals surface area (Å²) in [6, 6.07) is 15.0. The first kappa shape index (κ1) is 19.3. The molecule has 1 amide bonds. The number of anilines is 2. The number of carbonyl (C=O) groups excluding carboxylic acids is 1. The molecule has 1 atom stereocenters. The lowest BCUT2D eigenvalue weighted by molar-refractivity contribution is 0.0930. The first-order valence-electron chi connectivity index (χ1n) is 9.30. The van der Waals surface area contributed by atoms with E-state index in [1.54, 1.807) is 12.5 Å². The van der Waals surface area contributed by atoms with Crippen LogP contribution in [0.25, 0.3) is 11.3 Å². The van der Waals surface area contributed by atoms with Crippen LogP contribution >= 0.6 is 0 Å². The van der Waals surface area contributed by atoms with Crippen molar-refractivity contribution >= 4 is 28.3 Å². The van der Waals surface area contributed by atoms with Crippen molar-refractivity contribution in [1.29, 1.82) is 0 Å². The Bertz CT molecular complexity index is 1130. The Morgan fingerprint density at radius 1 is 1.14 bits per heavy atom. The van der Waals surface area contributed by atoms with Gasteiger partial charge in [0.1, 0.15) is 0 Å². The van der Waals surface area contributed by atoms with Crippen molar-refractivity contribution in [3.05, 3.63) is 65.9 Å². The van der Waals surface area contributed by atoms with Gasteiger partial charge >= 0.3 is 0 Å². The lowest BCUT2D eigenvalue weighted by Gasteiger charge is -2.32. The number of hydrogen-bond acceptors (Lipinski definition) is 5. The van der Waals surface area contributed by atoms with Crippen LogP contribution in [0.4, 0.5) is 11.6 Å². The summed E-state index contributed by atoms with van der Waals surface area (Å²) in [5.41, 5.74) is 4.05. The Kier molecular flexibility index (Phi) is 4.92. The van der Waals surface area contributed by atoms with Crippen LogP contribution in [0.2, 0.25) is 0 Å². The van der Waals surface area contributed by atoms with Gasteiger partial charge < -0.3 is 10.6 Å². The van der Waals surface area contributed by atoms with Gasteiger partial charge in [0.2, 0.25) is 5.95 Å². The van der Waals surface area contributed by atoms with E-state index in [1.807, 2.05) is 48.5 Å². The van der Waals surface area contributed by atoms with Gasteiger partial charge in [0.25, 0.3) is 5.91 Å². The van der Waals surface area contributed by atoms with Crippen molar-refractivity contribution in [3.63, 3.8) is 0 Å². The van der Waals surface area contributed by atoms with E-state index in [-0.39, 0.29) is 11.3 Å². The molecule has 3 aromatic rings. The van der Waals surface area contributed by atoms with E-state index in [1.165, 1.54) is 0 Å². The number of fused-ring (bicyclic) bond motifs is 1. The predicted molar refractivity (Wildman–Crippen MR) is 115 cm³/mol. The SMILES string of the molecule is CS(=O)c1cccc(Nc2nccc(-c3ccc4c(c3)C(C)(C)CNC4=O)n2)c1. The number of benzene rings is 2. The van der Waals surface area contributed by atoms with E-state index in [2.05, 4.69) is 34.4 Å². The number of carbonyl (C=O) groups is 1. The molecular weight excluding hydrogens is 384 g/mol. The number of nitrogens with one attached hydrogen (secondary N) is 2. The molecule has 2 aromatic carbocycles. The van der Waals surface area contributed by atoms with Crippen LogP contribution in [0.3, 0.4) is 0 Å². The second kappa shape index (κ2) is 7.40. The van der Waals surface area contributed by atoms with Crippen molar-refractivity contribution in [2.75, 3.05) is 18.1 Å². The van der Waals surface area contributed by atoms with Crippen molar-refractivity contribution in [2.45, 2.75) is 24.2 Å². The molecule has 4 rings (SSSR count). The van der Waals surface area contributed by atoms with Crippen molar-refractivity contribution < 1.29 is 9.00 Å². The zero-order chi connectivity index (χ0) is 20.6. The average Bonchev–Trinajstić information content (AvgIpc) is 2.71. The van der Waals surface area contributed by atoms with Gasteiger partial charge in [-0.25, -0.2) is 9.97 Å². The monoisotopic (exact) mass is 406 g/mol. The number of hydrogen-bond donors (Lipinski definition) is 2. The Morgan fingerprint density at radius 3 is 2.76 bits per heavy atom. The molecule has 6 nitrogen and oxygen atoms in total. The third-order valence-electron chi connectivity index (χ3n) is 5.06. The molecule has 7 heteroatoms. The van der Waals surface area contributed by atoms with Crippen LogP contribution < -0.4 is 10.6 Å². The fourth-order valence-electron chi connectivity index (χ4n) is 3.41. The van der Waals surface area contributed by atoms with Crippen molar-refractivity contribution in [1.82, 2.24) is 15.3 Å². The first-order chi connectivity index (χ1) is 13.8. The second-order valence-corrected chi connectivity index (χ2v) is 9.08. The summed E-state index contributed by atoms with van der Waals surface area (Å²) in [6.07, 6.45) is 3.35. The summed E-state index contributed by atoms with van der Waals surface area (Å²) in [7, 11) is -1.06. The Labute approximate surface area is 172 Å². The van der Waals surface area contributed by atoms with Crippen LogP contribution in [0.1, 0.15) is 29.8 Å². The molecule has 0 fully saturated rings. The number of aromatic nitrogens is 2. The zero-order valence-corrected chi connectivity index (χ0v) is 17.3. The quantitative estimate of drug-likeness (QED) is 0.691. The highest BCUT2D eigenvalue weighted by molar-refractivity contribution is 7.84. The maximum absolute atomic E-state index is 12.2. The average molecular weight is 407 g/mol. The van der Waals surface area contributed by atoms with E-state index < -0.39 is 10.8 Å². The molecule has 1 aliphatic heterocycles. The lowest BCUT2D eigenvalue weighted by atomic mass is 9.78. The second-order valence-electron chi connectivity index (χ2n) is 7.70. The molecule has 1 aromatic heterocycles. The predicted octanol–water partition coefficient (Wildman–Crippen LogP) is 3.65. The maximum atomic E-state index is 12.2. The zero-order valence-electron chi connectivity index (χ0n) is 16.5. The summed E-state index contributed by atoms with van der Waals surface area (Å²) >= 11 is 0. The Morgan fingerprint density at radius 2 is 1.97 bits per heavy atom. The van der Waals surface area contributed by atoms with E-state index in [0.717, 1.165) is 27.4 Å². The molecule has 0 bridgehead atoms. The topological polar surface area (TPSA) is 84.0 Å². The highest BCUT2D eigenvalue weighted by Crippen LogP contribution is 2.33. The van der Waals surface area contributed by atoms with Gasteiger partial charge in [-0.2, -0.15) is 0 Å². The molecule has 2 N–H and O–H groups in total. The third kappa shape index (κ3) is 3.91. The first-order valence-corrected chi connectivity index (χ1v) is 10.9. The molecule has 0 saturated heterocycles. The van der Waals surface area contributed by atoms with Gasteiger partial charge in [0.05, 0.1) is 5.69 Å². The fourth-order valence-corrected chi connectivity index (χ4v) is 3.98. The standard InChI is InChI=1S/C22H22N4O2S/c1-22(2)13-24-20(27)17-8-7-14(11-18(17)22)19-9-10-23-21(26-19)25-15-5-4-6-16(12-15)29(3)28/h4-12H,13H2,1-3H3,(H,24,27)(H,23,25,26). The molecular formula is C22H22N4O2S. The Balaban J connectivity index is 1.67. The van der Waals surface area contributed by atoms with E-state index in [0.29, 0.717) is 18.1 Å². The van der Waals surface area contributed by atoms with E-state index in [4.69, 9.17) is 0 Å². The molecule has 1 unspecified atom stereocenters. The molecule has 148 valence electrons. The fraction of sp³-hybridized carbons (Fsp3) is 0.227. The third-order valence-corrected chi connectivity index (χ3v) is 5.98. The molecule has 2 heterocycles. The number of amides is 1. The molecule has 1 aliphatic rings. The van der Waals surface area contributed by atoms with Crippen molar-refractivity contribution in [2.24, 2.45) is 0 Å². The smallest absolute Gasteiger partial charge is 0.251 e. The molecule has 0 spiro atoms. The van der Waals surface area contributed by atoms with Crippen LogP contribution in [-0.4, -0.2) is 32.9 Å². The van der Waals surface area contributed by atoms with Gasteiger partial charge in [0.15, 0.2) is 0 Å². The molecule has 0 radical (unpaired) electrons. The van der Waals surface area contributed by atoms with Gasteiger partial charge in [-0.15, -0.1) is 0 Å². The van der Waals surface area contributed by atoms with Crippen LogP contribution in [0.15, 0.2) is 59.6 Å². The number of nitrogens with zero attached hydrogens (tertiary/aromatic N) is 2. The summed E-state index contributed by atoms with van der Waals surface area (Å²) < 4.78 is 11.7. The molecule has 29 heavy (non-hydrogen) atoms. The number of rotatable bonds is 4. The van der Waals surface area contributed by atoms with Crippen LogP contribution in [0.5, 0.6) is 0 Å². The van der Waals surface area contributed by atoms with Crippen LogP contribution in [0, 0.1) is 0 Å². The summed E-state index contributed by atoms with van der Waals surface area (Å²) in [6.45, 7) is 4.84. The highest BCUT2D eigenvalue weighted by atomic mass is 32.2. The normalized spacial score (nSPS) is 15.9. The lowest BCUT2D eigenvalue weighted by Crippen LogP contribution is -2.43. The van der Waals surface area contributed by atoms with Crippen molar-refractivity contribution in [3.8, 4) is 11.3 Å². The van der Waals surface area contributed by atoms with E-state index >= 15 is 0 Å². The van der Waals surface area contributed by atoms with Gasteiger partial charge in [-0.1, -0.05) is 26.0 Å². The maximum Gasteiger partial charge on any atom is 0.251 e. The molecule has 0 saturated carbocycles. The largest absolute Gasteiger partial charge is 0.351 e. The van der Waals surface area contributed by atoms with Crippen LogP contribution in [-0.2, 0) is 16.2 Å². The highest BCUT2D eigenvalue weighted by Gasteiger charge is 2.31.